The predicted molar refractivity (Wildman–Crippen MR) is 79.9 cm³/mol. The minimum absolute atomic E-state index is 0.0690. The average molecular weight is 289 g/mol. The minimum atomic E-state index is -0.652. The van der Waals surface area contributed by atoms with Crippen LogP contribution in [0.25, 0.3) is 0 Å². The molecule has 1 unspecified atom stereocenters. The summed E-state index contributed by atoms with van der Waals surface area (Å²) in [4.78, 5) is 13.9. The Balaban J connectivity index is 1.66. The number of benzene rings is 1. The van der Waals surface area contributed by atoms with E-state index in [2.05, 4.69) is 17.0 Å². The number of likely N-dealkylation sites (tertiary alicyclic amines) is 1. The number of ether oxygens (including phenoxy) is 1. The lowest BCUT2D eigenvalue weighted by atomic mass is 9.61. The molecule has 0 aromatic heterocycles. The Morgan fingerprint density at radius 3 is 2.71 bits per heavy atom. The lowest BCUT2D eigenvalue weighted by molar-refractivity contribution is -0.153. The third kappa shape index (κ3) is 2.83. The maximum Gasteiger partial charge on any atom is 0.308 e. The smallest absolute Gasteiger partial charge is 0.308 e. The SMILES string of the molecule is CCOC1CC2(C1)CN(Cc1ccccc1)CC2C(=O)O. The van der Waals surface area contributed by atoms with E-state index in [1.807, 2.05) is 25.1 Å². The molecule has 2 aliphatic rings. The van der Waals surface area contributed by atoms with E-state index in [1.54, 1.807) is 0 Å². The first-order chi connectivity index (χ1) is 10.1. The Kier molecular flexibility index (Phi) is 4.00. The molecule has 21 heavy (non-hydrogen) atoms. The van der Waals surface area contributed by atoms with Crippen molar-refractivity contribution in [3.63, 3.8) is 0 Å². The monoisotopic (exact) mass is 289 g/mol. The van der Waals surface area contributed by atoms with Gasteiger partial charge in [-0.2, -0.15) is 0 Å². The van der Waals surface area contributed by atoms with Gasteiger partial charge < -0.3 is 9.84 Å². The number of carboxylic acids is 1. The first-order valence-electron chi connectivity index (χ1n) is 7.73. The zero-order chi connectivity index (χ0) is 14.9. The second-order valence-electron chi connectivity index (χ2n) is 6.39. The fourth-order valence-electron chi connectivity index (χ4n) is 3.99. The second-order valence-corrected chi connectivity index (χ2v) is 6.39. The predicted octanol–water partition coefficient (Wildman–Crippen LogP) is 2.39. The third-order valence-corrected chi connectivity index (χ3v) is 4.94. The molecule has 0 bridgehead atoms. The van der Waals surface area contributed by atoms with Crippen molar-refractivity contribution in [2.75, 3.05) is 19.7 Å². The summed E-state index contributed by atoms with van der Waals surface area (Å²) in [6.07, 6.45) is 2.04. The Labute approximate surface area is 125 Å². The van der Waals surface area contributed by atoms with Gasteiger partial charge in [-0.05, 0) is 25.3 Å². The summed E-state index contributed by atoms with van der Waals surface area (Å²) in [6.45, 7) is 5.08. The molecule has 1 spiro atoms. The molecule has 114 valence electrons. The highest BCUT2D eigenvalue weighted by Gasteiger charge is 2.57. The number of hydrogen-bond acceptors (Lipinski definition) is 3. The summed E-state index contributed by atoms with van der Waals surface area (Å²) in [5, 5.41) is 9.55. The van der Waals surface area contributed by atoms with E-state index in [-0.39, 0.29) is 17.4 Å². The molecule has 4 heteroatoms. The van der Waals surface area contributed by atoms with Gasteiger partial charge in [0.1, 0.15) is 0 Å². The maximum absolute atomic E-state index is 11.6. The van der Waals surface area contributed by atoms with Crippen LogP contribution in [0.15, 0.2) is 30.3 Å². The van der Waals surface area contributed by atoms with Gasteiger partial charge in [0.25, 0.3) is 0 Å². The van der Waals surface area contributed by atoms with Crippen LogP contribution in [0.4, 0.5) is 0 Å². The molecule has 1 heterocycles. The normalized spacial score (nSPS) is 32.2. The molecule has 4 nitrogen and oxygen atoms in total. The van der Waals surface area contributed by atoms with E-state index in [1.165, 1.54) is 5.56 Å². The number of carboxylic acid groups (broad SMARTS) is 1. The maximum atomic E-state index is 11.6. The van der Waals surface area contributed by atoms with Gasteiger partial charge in [-0.3, -0.25) is 9.69 Å². The van der Waals surface area contributed by atoms with E-state index < -0.39 is 5.97 Å². The Morgan fingerprint density at radius 1 is 1.38 bits per heavy atom. The van der Waals surface area contributed by atoms with Crippen molar-refractivity contribution in [2.24, 2.45) is 11.3 Å². The second kappa shape index (κ2) is 5.78. The van der Waals surface area contributed by atoms with Crippen molar-refractivity contribution in [1.82, 2.24) is 4.90 Å². The zero-order valence-electron chi connectivity index (χ0n) is 12.5. The lowest BCUT2D eigenvalue weighted by Crippen LogP contribution is -2.49. The van der Waals surface area contributed by atoms with Crippen LogP contribution in [0, 0.1) is 11.3 Å². The summed E-state index contributed by atoms with van der Waals surface area (Å²) < 4.78 is 5.63. The van der Waals surface area contributed by atoms with E-state index >= 15 is 0 Å². The number of rotatable bonds is 5. The summed E-state index contributed by atoms with van der Waals surface area (Å²) in [7, 11) is 0. The average Bonchev–Trinajstić information content (AvgIpc) is 2.79. The van der Waals surface area contributed by atoms with Crippen molar-refractivity contribution in [1.29, 1.82) is 0 Å². The summed E-state index contributed by atoms with van der Waals surface area (Å²) in [6, 6.07) is 10.3. The Morgan fingerprint density at radius 2 is 2.10 bits per heavy atom. The van der Waals surface area contributed by atoms with Crippen LogP contribution < -0.4 is 0 Å². The van der Waals surface area contributed by atoms with Gasteiger partial charge in [0.15, 0.2) is 0 Å². The number of aliphatic carboxylic acids is 1. The standard InChI is InChI=1S/C17H23NO3/c1-2-21-14-8-17(9-14)12-18(11-15(17)16(19)20)10-13-6-4-3-5-7-13/h3-7,14-15H,2,8-12H2,1H3,(H,19,20). The molecule has 1 aliphatic carbocycles. The largest absolute Gasteiger partial charge is 0.481 e. The summed E-state index contributed by atoms with van der Waals surface area (Å²) >= 11 is 0. The highest BCUT2D eigenvalue weighted by Crippen LogP contribution is 2.53. The van der Waals surface area contributed by atoms with Gasteiger partial charge in [0, 0.05) is 31.7 Å². The number of nitrogens with zero attached hydrogens (tertiary/aromatic N) is 1. The molecule has 1 saturated carbocycles. The van der Waals surface area contributed by atoms with Gasteiger partial charge in [-0.1, -0.05) is 30.3 Å². The van der Waals surface area contributed by atoms with Crippen molar-refractivity contribution in [3.05, 3.63) is 35.9 Å². The van der Waals surface area contributed by atoms with Gasteiger partial charge in [-0.15, -0.1) is 0 Å². The van der Waals surface area contributed by atoms with Crippen LogP contribution in [-0.2, 0) is 16.1 Å². The van der Waals surface area contributed by atoms with Gasteiger partial charge in [0.2, 0.25) is 0 Å². The van der Waals surface area contributed by atoms with Gasteiger partial charge in [-0.25, -0.2) is 0 Å². The van der Waals surface area contributed by atoms with Crippen LogP contribution >= 0.6 is 0 Å². The number of hydrogen-bond donors (Lipinski definition) is 1. The van der Waals surface area contributed by atoms with Gasteiger partial charge >= 0.3 is 5.97 Å². The van der Waals surface area contributed by atoms with Crippen molar-refractivity contribution in [3.8, 4) is 0 Å². The highest BCUT2D eigenvalue weighted by atomic mass is 16.5. The molecular weight excluding hydrogens is 266 g/mol. The molecule has 1 N–H and O–H groups in total. The fraction of sp³-hybridized carbons (Fsp3) is 0.588. The summed E-state index contributed by atoms with van der Waals surface area (Å²) in [5.74, 6) is -0.904. The van der Waals surface area contributed by atoms with E-state index in [0.29, 0.717) is 13.2 Å². The first-order valence-corrected chi connectivity index (χ1v) is 7.73. The molecule has 1 aliphatic heterocycles. The van der Waals surface area contributed by atoms with E-state index in [4.69, 9.17) is 4.74 Å². The van der Waals surface area contributed by atoms with E-state index in [0.717, 1.165) is 25.9 Å². The minimum Gasteiger partial charge on any atom is -0.481 e. The Hall–Kier alpha value is -1.39. The van der Waals surface area contributed by atoms with Crippen molar-refractivity contribution >= 4 is 5.97 Å². The van der Waals surface area contributed by atoms with Crippen LogP contribution in [-0.4, -0.2) is 41.8 Å². The van der Waals surface area contributed by atoms with Crippen molar-refractivity contribution in [2.45, 2.75) is 32.4 Å². The third-order valence-electron chi connectivity index (χ3n) is 4.94. The lowest BCUT2D eigenvalue weighted by Gasteiger charge is -2.47. The molecule has 1 atom stereocenters. The molecule has 1 aromatic carbocycles. The summed E-state index contributed by atoms with van der Waals surface area (Å²) in [5.41, 5.74) is 1.18. The molecular formula is C17H23NO3. The molecule has 3 rings (SSSR count). The van der Waals surface area contributed by atoms with Crippen molar-refractivity contribution < 1.29 is 14.6 Å². The molecule has 2 fully saturated rings. The van der Waals surface area contributed by atoms with Crippen LogP contribution in [0.2, 0.25) is 0 Å². The van der Waals surface area contributed by atoms with Crippen LogP contribution in [0.3, 0.4) is 0 Å². The quantitative estimate of drug-likeness (QED) is 0.904. The highest BCUT2D eigenvalue weighted by molar-refractivity contribution is 5.72. The topological polar surface area (TPSA) is 49.8 Å². The Bertz CT molecular complexity index is 496. The van der Waals surface area contributed by atoms with Gasteiger partial charge in [0.05, 0.1) is 12.0 Å². The molecule has 1 saturated heterocycles. The van der Waals surface area contributed by atoms with Crippen LogP contribution in [0.1, 0.15) is 25.3 Å². The zero-order valence-corrected chi connectivity index (χ0v) is 12.5. The molecule has 1 aromatic rings. The number of carbonyl (C=O) groups is 1. The van der Waals surface area contributed by atoms with Crippen LogP contribution in [0.5, 0.6) is 0 Å². The fourth-order valence-corrected chi connectivity index (χ4v) is 3.99. The molecule has 0 radical (unpaired) electrons. The van der Waals surface area contributed by atoms with E-state index in [9.17, 15) is 9.90 Å². The molecule has 0 amide bonds. The first kappa shape index (κ1) is 14.5.